The molecule has 0 atom stereocenters. The first-order valence-corrected chi connectivity index (χ1v) is 8.59. The molecular weight excluding hydrogens is 320 g/mol. The van der Waals surface area contributed by atoms with Crippen molar-refractivity contribution in [1.29, 1.82) is 0 Å². The van der Waals surface area contributed by atoms with Crippen molar-refractivity contribution in [2.45, 2.75) is 19.3 Å². The van der Waals surface area contributed by atoms with Gasteiger partial charge in [-0.3, -0.25) is 4.79 Å². The number of para-hydroxylation sites is 1. The van der Waals surface area contributed by atoms with E-state index < -0.39 is 0 Å². The van der Waals surface area contributed by atoms with Gasteiger partial charge >= 0.3 is 0 Å². The van der Waals surface area contributed by atoms with Gasteiger partial charge in [-0.05, 0) is 25.6 Å². The average molecular weight is 344 g/mol. The van der Waals surface area contributed by atoms with Crippen LogP contribution in [0.4, 0.5) is 0 Å². The Morgan fingerprint density at radius 3 is 2.76 bits per heavy atom. The fraction of sp³-hybridized carbons (Fsp3) is 0.500. The van der Waals surface area contributed by atoms with Crippen molar-refractivity contribution in [3.8, 4) is 17.1 Å². The Labute approximate surface area is 147 Å². The summed E-state index contributed by atoms with van der Waals surface area (Å²) in [5.74, 6) is 1.97. The number of benzene rings is 1. The van der Waals surface area contributed by atoms with E-state index in [1.54, 1.807) is 7.11 Å². The van der Waals surface area contributed by atoms with Crippen molar-refractivity contribution < 1.29 is 14.1 Å². The van der Waals surface area contributed by atoms with Crippen LogP contribution in [0.25, 0.3) is 11.4 Å². The highest BCUT2D eigenvalue weighted by atomic mass is 16.5. The van der Waals surface area contributed by atoms with Crippen LogP contribution in [0.2, 0.25) is 0 Å². The van der Waals surface area contributed by atoms with E-state index in [0.717, 1.165) is 31.7 Å². The minimum absolute atomic E-state index is 0.206. The zero-order chi connectivity index (χ0) is 17.6. The first-order valence-electron chi connectivity index (χ1n) is 8.59. The Bertz CT molecular complexity index is 708. The molecule has 0 bridgehead atoms. The highest BCUT2D eigenvalue weighted by Gasteiger charge is 2.19. The van der Waals surface area contributed by atoms with Crippen LogP contribution in [0.1, 0.15) is 18.7 Å². The monoisotopic (exact) mass is 344 g/mol. The number of amides is 1. The number of ether oxygens (including phenoxy) is 1. The van der Waals surface area contributed by atoms with Crippen LogP contribution in [0.5, 0.6) is 5.75 Å². The largest absolute Gasteiger partial charge is 0.496 e. The molecule has 25 heavy (non-hydrogen) atoms. The molecule has 1 saturated heterocycles. The van der Waals surface area contributed by atoms with Crippen LogP contribution < -0.4 is 4.74 Å². The lowest BCUT2D eigenvalue weighted by Crippen LogP contribution is -2.47. The maximum atomic E-state index is 12.2. The molecule has 0 unspecified atom stereocenters. The fourth-order valence-electron chi connectivity index (χ4n) is 2.90. The number of aromatic nitrogens is 2. The molecule has 1 aromatic carbocycles. The second-order valence-electron chi connectivity index (χ2n) is 6.25. The fourth-order valence-corrected chi connectivity index (χ4v) is 2.90. The lowest BCUT2D eigenvalue weighted by atomic mass is 10.2. The van der Waals surface area contributed by atoms with Gasteiger partial charge in [0.25, 0.3) is 0 Å². The summed E-state index contributed by atoms with van der Waals surface area (Å²) >= 11 is 0. The number of methoxy groups -OCH3 is 1. The summed E-state index contributed by atoms with van der Waals surface area (Å²) in [6, 6.07) is 7.56. The number of hydrogen-bond donors (Lipinski definition) is 0. The summed E-state index contributed by atoms with van der Waals surface area (Å²) in [6.07, 6.45) is 1.82. The quantitative estimate of drug-likeness (QED) is 0.796. The van der Waals surface area contributed by atoms with E-state index in [0.29, 0.717) is 36.7 Å². The van der Waals surface area contributed by atoms with Gasteiger partial charge in [0.15, 0.2) is 0 Å². The third-order valence-corrected chi connectivity index (χ3v) is 4.45. The average Bonchev–Trinajstić information content (AvgIpc) is 3.11. The minimum Gasteiger partial charge on any atom is -0.496 e. The van der Waals surface area contributed by atoms with Gasteiger partial charge in [0.2, 0.25) is 17.6 Å². The maximum absolute atomic E-state index is 12.2. The first-order chi connectivity index (χ1) is 12.2. The summed E-state index contributed by atoms with van der Waals surface area (Å²) in [7, 11) is 3.69. The Morgan fingerprint density at radius 1 is 1.24 bits per heavy atom. The number of carbonyl (C=O) groups is 1. The second-order valence-corrected chi connectivity index (χ2v) is 6.25. The van der Waals surface area contributed by atoms with Gasteiger partial charge in [0.1, 0.15) is 5.75 Å². The predicted octanol–water partition coefficient (Wildman–Crippen LogP) is 1.84. The Kier molecular flexibility index (Phi) is 5.65. The molecule has 7 heteroatoms. The Hall–Kier alpha value is -2.41. The molecule has 0 aliphatic carbocycles. The zero-order valence-electron chi connectivity index (χ0n) is 14.8. The van der Waals surface area contributed by atoms with Crippen LogP contribution in [0, 0.1) is 0 Å². The molecule has 7 nitrogen and oxygen atoms in total. The summed E-state index contributed by atoms with van der Waals surface area (Å²) in [5, 5.41) is 4.02. The van der Waals surface area contributed by atoms with Crippen molar-refractivity contribution in [2.24, 2.45) is 0 Å². The highest BCUT2D eigenvalue weighted by molar-refractivity contribution is 5.76. The molecular formula is C18H24N4O3. The van der Waals surface area contributed by atoms with E-state index in [1.165, 1.54) is 0 Å². The molecule has 0 radical (unpaired) electrons. The van der Waals surface area contributed by atoms with Crippen molar-refractivity contribution in [1.82, 2.24) is 19.9 Å². The van der Waals surface area contributed by atoms with Crippen LogP contribution in [0.3, 0.4) is 0 Å². The molecule has 2 aromatic rings. The first kappa shape index (κ1) is 17.4. The highest BCUT2D eigenvalue weighted by Crippen LogP contribution is 2.27. The van der Waals surface area contributed by atoms with Gasteiger partial charge < -0.3 is 19.1 Å². The molecule has 2 heterocycles. The summed E-state index contributed by atoms with van der Waals surface area (Å²) in [6.45, 7) is 3.51. The molecule has 0 spiro atoms. The number of nitrogens with zero attached hydrogens (tertiary/aromatic N) is 4. The molecule has 1 aromatic heterocycles. The van der Waals surface area contributed by atoms with Crippen molar-refractivity contribution >= 4 is 5.91 Å². The maximum Gasteiger partial charge on any atom is 0.226 e. The Balaban J connectivity index is 1.51. The third-order valence-electron chi connectivity index (χ3n) is 4.45. The SMILES string of the molecule is COc1ccccc1-c1noc(CCCC(=O)N2CCN(C)CC2)n1. The van der Waals surface area contributed by atoms with E-state index in [4.69, 9.17) is 9.26 Å². The topological polar surface area (TPSA) is 71.7 Å². The molecule has 0 saturated carbocycles. The van der Waals surface area contributed by atoms with E-state index in [1.807, 2.05) is 29.2 Å². The number of aryl methyl sites for hydroxylation is 1. The van der Waals surface area contributed by atoms with Crippen LogP contribution >= 0.6 is 0 Å². The van der Waals surface area contributed by atoms with Gasteiger partial charge in [-0.15, -0.1) is 0 Å². The van der Waals surface area contributed by atoms with Crippen molar-refractivity contribution in [3.05, 3.63) is 30.2 Å². The van der Waals surface area contributed by atoms with Crippen molar-refractivity contribution in [2.75, 3.05) is 40.3 Å². The van der Waals surface area contributed by atoms with E-state index in [9.17, 15) is 4.79 Å². The Morgan fingerprint density at radius 2 is 2.00 bits per heavy atom. The van der Waals surface area contributed by atoms with Gasteiger partial charge in [-0.2, -0.15) is 4.98 Å². The molecule has 1 aliphatic rings. The summed E-state index contributed by atoms with van der Waals surface area (Å²) in [4.78, 5) is 20.8. The lowest BCUT2D eigenvalue weighted by Gasteiger charge is -2.32. The van der Waals surface area contributed by atoms with Crippen LogP contribution in [-0.4, -0.2) is 66.2 Å². The van der Waals surface area contributed by atoms with Gasteiger partial charge in [-0.1, -0.05) is 17.3 Å². The van der Waals surface area contributed by atoms with Gasteiger partial charge in [0.05, 0.1) is 12.7 Å². The molecule has 0 N–H and O–H groups in total. The normalized spacial score (nSPS) is 15.4. The minimum atomic E-state index is 0.206. The summed E-state index contributed by atoms with van der Waals surface area (Å²) < 4.78 is 10.6. The number of rotatable bonds is 6. The standard InChI is InChI=1S/C18H24N4O3/c1-21-10-12-22(13-11-21)17(23)9-5-8-16-19-18(20-25-16)14-6-3-4-7-15(14)24-2/h3-4,6-7H,5,8-13H2,1-2H3. The molecule has 3 rings (SSSR count). The molecule has 1 amide bonds. The van der Waals surface area contributed by atoms with E-state index in [-0.39, 0.29) is 5.91 Å². The second kappa shape index (κ2) is 8.11. The van der Waals surface area contributed by atoms with Crippen LogP contribution in [-0.2, 0) is 11.2 Å². The van der Waals surface area contributed by atoms with Crippen LogP contribution in [0.15, 0.2) is 28.8 Å². The summed E-state index contributed by atoms with van der Waals surface area (Å²) in [5.41, 5.74) is 0.800. The predicted molar refractivity (Wildman–Crippen MR) is 93.3 cm³/mol. The van der Waals surface area contributed by atoms with E-state index >= 15 is 0 Å². The van der Waals surface area contributed by atoms with E-state index in [2.05, 4.69) is 22.1 Å². The van der Waals surface area contributed by atoms with Gasteiger partial charge in [-0.25, -0.2) is 0 Å². The number of hydrogen-bond acceptors (Lipinski definition) is 6. The van der Waals surface area contributed by atoms with Crippen molar-refractivity contribution in [3.63, 3.8) is 0 Å². The smallest absolute Gasteiger partial charge is 0.226 e. The number of likely N-dealkylation sites (N-methyl/N-ethyl adjacent to an activating group) is 1. The molecule has 1 aliphatic heterocycles. The zero-order valence-corrected chi connectivity index (χ0v) is 14.8. The number of carbonyl (C=O) groups excluding carboxylic acids is 1. The number of piperazine rings is 1. The molecule has 1 fully saturated rings. The lowest BCUT2D eigenvalue weighted by molar-refractivity contribution is -0.132. The van der Waals surface area contributed by atoms with Gasteiger partial charge in [0, 0.05) is 39.0 Å². The molecule has 134 valence electrons. The third kappa shape index (κ3) is 4.36.